The highest BCUT2D eigenvalue weighted by Gasteiger charge is 2.23. The molecule has 1 aliphatic carbocycles. The number of aliphatic hydroxyl groups is 1. The van der Waals surface area contributed by atoms with Crippen molar-refractivity contribution in [2.24, 2.45) is 11.8 Å². The zero-order valence-electron chi connectivity index (χ0n) is 20.6. The zero-order valence-corrected chi connectivity index (χ0v) is 20.6. The van der Waals surface area contributed by atoms with E-state index in [1.54, 1.807) is 6.20 Å². The fourth-order valence-electron chi connectivity index (χ4n) is 4.37. The summed E-state index contributed by atoms with van der Waals surface area (Å²) in [5, 5.41) is 25.6. The second-order valence-electron chi connectivity index (χ2n) is 9.80. The summed E-state index contributed by atoms with van der Waals surface area (Å²) in [5.74, 6) is 1.43. The predicted octanol–water partition coefficient (Wildman–Crippen LogP) is 4.61. The van der Waals surface area contributed by atoms with Crippen LogP contribution in [0.4, 0.5) is 17.3 Å². The molecule has 1 aromatic carbocycles. The van der Waals surface area contributed by atoms with Crippen LogP contribution in [0.3, 0.4) is 0 Å². The third kappa shape index (κ3) is 5.81. The number of fused-ring (bicyclic) bond motifs is 1. The van der Waals surface area contributed by atoms with Crippen LogP contribution in [0.25, 0.3) is 11.3 Å². The van der Waals surface area contributed by atoms with E-state index < -0.39 is 0 Å². The number of ether oxygens (including phenoxy) is 1. The van der Waals surface area contributed by atoms with Crippen LogP contribution >= 0.6 is 0 Å². The monoisotopic (exact) mass is 484 g/mol. The molecule has 0 spiro atoms. The molecule has 1 atom stereocenters. The van der Waals surface area contributed by atoms with E-state index in [-0.39, 0.29) is 12.5 Å². The number of aromatic nitrogens is 3. The van der Waals surface area contributed by atoms with E-state index in [4.69, 9.17) is 14.7 Å². The van der Waals surface area contributed by atoms with Gasteiger partial charge >= 0.3 is 0 Å². The first-order valence-corrected chi connectivity index (χ1v) is 12.7. The van der Waals surface area contributed by atoms with Gasteiger partial charge in [-0.2, -0.15) is 5.26 Å². The molecule has 8 heteroatoms. The van der Waals surface area contributed by atoms with E-state index in [0.717, 1.165) is 71.4 Å². The number of hydrogen-bond donors (Lipinski definition) is 3. The van der Waals surface area contributed by atoms with Crippen LogP contribution in [0.1, 0.15) is 48.7 Å². The molecule has 5 rings (SSSR count). The second-order valence-corrected chi connectivity index (χ2v) is 9.80. The Kier molecular flexibility index (Phi) is 7.40. The number of rotatable bonds is 10. The Bertz CT molecular complexity index is 1270. The number of aliphatic hydroxyl groups excluding tert-OH is 1. The Hall–Kier alpha value is -3.54. The minimum atomic E-state index is 0.0960. The fraction of sp³-hybridized carbons (Fsp3) is 0.429. The minimum absolute atomic E-state index is 0.0960. The average molecular weight is 485 g/mol. The van der Waals surface area contributed by atoms with Crippen molar-refractivity contribution in [2.45, 2.75) is 45.6 Å². The lowest BCUT2D eigenvalue weighted by Gasteiger charge is -2.20. The van der Waals surface area contributed by atoms with Crippen molar-refractivity contribution >= 4 is 17.3 Å². The van der Waals surface area contributed by atoms with Gasteiger partial charge in [0.1, 0.15) is 6.07 Å². The van der Waals surface area contributed by atoms with Crippen LogP contribution in [0, 0.1) is 23.2 Å². The molecule has 186 valence electrons. The van der Waals surface area contributed by atoms with Crippen LogP contribution in [0.5, 0.6) is 0 Å². The third-order valence-electron chi connectivity index (χ3n) is 6.79. The highest BCUT2D eigenvalue weighted by atomic mass is 16.5. The normalized spacial score (nSPS) is 15.6. The molecule has 2 aromatic heterocycles. The van der Waals surface area contributed by atoms with Crippen LogP contribution in [-0.2, 0) is 24.2 Å². The van der Waals surface area contributed by atoms with Crippen LogP contribution in [-0.4, -0.2) is 39.8 Å². The van der Waals surface area contributed by atoms with Gasteiger partial charge in [0.2, 0.25) is 5.95 Å². The molecule has 1 fully saturated rings. The van der Waals surface area contributed by atoms with E-state index >= 15 is 0 Å². The summed E-state index contributed by atoms with van der Waals surface area (Å²) in [5.41, 5.74) is 7.11. The van der Waals surface area contributed by atoms with Crippen LogP contribution in [0.15, 0.2) is 36.5 Å². The first-order valence-electron chi connectivity index (χ1n) is 12.7. The smallest absolute Gasteiger partial charge is 0.227 e. The molecule has 0 bridgehead atoms. The van der Waals surface area contributed by atoms with Gasteiger partial charge in [0.25, 0.3) is 0 Å². The summed E-state index contributed by atoms with van der Waals surface area (Å²) in [7, 11) is 0. The molecular formula is C28H32N6O2. The molecule has 0 saturated heterocycles. The molecule has 0 amide bonds. The standard InChI is InChI=1S/C28H32N6O2/c1-18(16-35)15-31-23-7-5-20(12-21(23)14-29)24-8-10-30-28(33-24)34-27-13-22-17-36-11-9-25(22)32-26(27)6-4-19-2-3-19/h5,7-8,10,12-13,18-19,31,35H,2-4,6,9,11,15-17H2,1H3,(H,30,33,34). The fourth-order valence-corrected chi connectivity index (χ4v) is 4.37. The van der Waals surface area contributed by atoms with Gasteiger partial charge in [0.15, 0.2) is 0 Å². The van der Waals surface area contributed by atoms with Crippen molar-refractivity contribution in [3.8, 4) is 17.3 Å². The van der Waals surface area contributed by atoms with Gasteiger partial charge in [-0.15, -0.1) is 0 Å². The number of anilines is 3. The summed E-state index contributed by atoms with van der Waals surface area (Å²) in [6, 6.07) is 11.9. The van der Waals surface area contributed by atoms with Gasteiger partial charge in [-0.25, -0.2) is 9.97 Å². The first kappa shape index (κ1) is 24.2. The number of hydrogen-bond acceptors (Lipinski definition) is 8. The number of aryl methyl sites for hydroxylation is 1. The second kappa shape index (κ2) is 11.0. The van der Waals surface area contributed by atoms with E-state index in [1.165, 1.54) is 12.8 Å². The molecule has 1 aliphatic heterocycles. The van der Waals surface area contributed by atoms with Gasteiger partial charge < -0.3 is 20.5 Å². The van der Waals surface area contributed by atoms with Crippen LogP contribution < -0.4 is 10.6 Å². The maximum absolute atomic E-state index is 9.68. The Balaban J connectivity index is 1.38. The third-order valence-corrected chi connectivity index (χ3v) is 6.79. The zero-order chi connectivity index (χ0) is 24.9. The molecule has 1 unspecified atom stereocenters. The molecular weight excluding hydrogens is 452 g/mol. The number of nitriles is 1. The molecule has 8 nitrogen and oxygen atoms in total. The lowest BCUT2D eigenvalue weighted by molar-refractivity contribution is 0.109. The Morgan fingerprint density at radius 3 is 2.89 bits per heavy atom. The molecule has 3 aromatic rings. The van der Waals surface area contributed by atoms with Gasteiger partial charge in [-0.05, 0) is 48.9 Å². The minimum Gasteiger partial charge on any atom is -0.396 e. The number of benzene rings is 1. The summed E-state index contributed by atoms with van der Waals surface area (Å²) < 4.78 is 5.65. The molecule has 0 radical (unpaired) electrons. The Labute approximate surface area is 211 Å². The van der Waals surface area contributed by atoms with Gasteiger partial charge in [0, 0.05) is 42.6 Å². The summed E-state index contributed by atoms with van der Waals surface area (Å²) in [6.07, 6.45) is 7.33. The van der Waals surface area contributed by atoms with E-state index in [9.17, 15) is 10.4 Å². The largest absolute Gasteiger partial charge is 0.396 e. The predicted molar refractivity (Wildman–Crippen MR) is 139 cm³/mol. The molecule has 36 heavy (non-hydrogen) atoms. The van der Waals surface area contributed by atoms with E-state index in [1.807, 2.05) is 31.2 Å². The number of nitrogens with zero attached hydrogens (tertiary/aromatic N) is 4. The topological polar surface area (TPSA) is 116 Å². The van der Waals surface area contributed by atoms with Crippen molar-refractivity contribution in [3.63, 3.8) is 0 Å². The van der Waals surface area contributed by atoms with Crippen molar-refractivity contribution in [2.75, 3.05) is 30.4 Å². The van der Waals surface area contributed by atoms with Crippen LogP contribution in [0.2, 0.25) is 0 Å². The Morgan fingerprint density at radius 2 is 2.08 bits per heavy atom. The molecule has 1 saturated carbocycles. The lowest BCUT2D eigenvalue weighted by Crippen LogP contribution is -2.15. The number of pyridine rings is 1. The molecule has 3 heterocycles. The van der Waals surface area contributed by atoms with Crippen molar-refractivity contribution < 1.29 is 9.84 Å². The maximum Gasteiger partial charge on any atom is 0.227 e. The maximum atomic E-state index is 9.68. The van der Waals surface area contributed by atoms with Gasteiger partial charge in [0.05, 0.1) is 41.5 Å². The lowest BCUT2D eigenvalue weighted by atomic mass is 10.0. The SMILES string of the molecule is CC(CO)CNc1ccc(-c2ccnc(Nc3cc4c(nc3CCC3CC3)CCOC4)n2)cc1C#N. The number of nitrogens with one attached hydrogen (secondary N) is 2. The average Bonchev–Trinajstić information content (AvgIpc) is 3.75. The Morgan fingerprint density at radius 1 is 1.19 bits per heavy atom. The van der Waals surface area contributed by atoms with Crippen molar-refractivity contribution in [1.29, 1.82) is 5.26 Å². The first-order chi connectivity index (χ1) is 17.6. The van der Waals surface area contributed by atoms with Gasteiger partial charge in [-0.1, -0.05) is 25.8 Å². The van der Waals surface area contributed by atoms with Crippen molar-refractivity contribution in [3.05, 3.63) is 59.0 Å². The van der Waals surface area contributed by atoms with Crippen molar-refractivity contribution in [1.82, 2.24) is 15.0 Å². The quantitative estimate of drug-likeness (QED) is 0.382. The molecule has 2 aliphatic rings. The molecule has 3 N–H and O–H groups in total. The highest BCUT2D eigenvalue weighted by molar-refractivity contribution is 5.70. The summed E-state index contributed by atoms with van der Waals surface area (Å²) >= 11 is 0. The van der Waals surface area contributed by atoms with Gasteiger partial charge in [-0.3, -0.25) is 4.98 Å². The summed E-state index contributed by atoms with van der Waals surface area (Å²) in [4.78, 5) is 14.2. The highest BCUT2D eigenvalue weighted by Crippen LogP contribution is 2.35. The van der Waals surface area contributed by atoms with E-state index in [0.29, 0.717) is 24.7 Å². The summed E-state index contributed by atoms with van der Waals surface area (Å²) in [6.45, 7) is 3.94. The van der Waals surface area contributed by atoms with E-state index in [2.05, 4.69) is 27.8 Å².